The van der Waals surface area contributed by atoms with E-state index in [4.69, 9.17) is 0 Å². The largest absolute Gasteiger partial charge is 0.370 e. The van der Waals surface area contributed by atoms with Gasteiger partial charge in [0.1, 0.15) is 5.82 Å². The molecule has 2 aromatic heterocycles. The fourth-order valence-electron chi connectivity index (χ4n) is 2.03. The third-order valence-corrected chi connectivity index (χ3v) is 3.09. The van der Waals surface area contributed by atoms with Gasteiger partial charge in [-0.15, -0.1) is 0 Å². The van der Waals surface area contributed by atoms with Crippen LogP contribution in [0.1, 0.15) is 24.7 Å². The maximum absolute atomic E-state index is 4.54. The van der Waals surface area contributed by atoms with Gasteiger partial charge >= 0.3 is 0 Å². The van der Waals surface area contributed by atoms with Gasteiger partial charge in [-0.05, 0) is 31.5 Å². The quantitative estimate of drug-likeness (QED) is 0.875. The summed E-state index contributed by atoms with van der Waals surface area (Å²) in [6, 6.07) is 10.2. The van der Waals surface area contributed by atoms with E-state index in [1.807, 2.05) is 31.3 Å². The molecule has 0 aliphatic carbocycles. The summed E-state index contributed by atoms with van der Waals surface area (Å²) in [5.74, 6) is 0.924. The third kappa shape index (κ3) is 3.95. The average Bonchev–Trinajstić information content (AvgIpc) is 2.45. The van der Waals surface area contributed by atoms with E-state index >= 15 is 0 Å². The number of nitrogens with one attached hydrogen (secondary N) is 1. The molecule has 2 aromatic rings. The standard InChI is InChI=1S/C16H22N4/c1-4-9-17-16-11-15(8-10-18-16)20(3)12-14-7-5-6-13(2)19-14/h5-8,10-11H,4,9,12H2,1-3H3,(H,17,18). The molecule has 1 N–H and O–H groups in total. The first-order valence-electron chi connectivity index (χ1n) is 7.02. The van der Waals surface area contributed by atoms with Crippen LogP contribution in [0.15, 0.2) is 36.5 Å². The zero-order chi connectivity index (χ0) is 14.4. The van der Waals surface area contributed by atoms with Gasteiger partial charge in [0.05, 0.1) is 12.2 Å². The van der Waals surface area contributed by atoms with Crippen molar-refractivity contribution >= 4 is 11.5 Å². The minimum absolute atomic E-state index is 0.791. The predicted molar refractivity (Wildman–Crippen MR) is 84.1 cm³/mol. The zero-order valence-corrected chi connectivity index (χ0v) is 12.4. The molecule has 0 aromatic carbocycles. The van der Waals surface area contributed by atoms with E-state index in [9.17, 15) is 0 Å². The minimum Gasteiger partial charge on any atom is -0.370 e. The molecule has 0 bridgehead atoms. The summed E-state index contributed by atoms with van der Waals surface area (Å²) in [4.78, 5) is 11.0. The van der Waals surface area contributed by atoms with Gasteiger partial charge in [-0.1, -0.05) is 13.0 Å². The highest BCUT2D eigenvalue weighted by Crippen LogP contribution is 2.17. The van der Waals surface area contributed by atoms with E-state index in [1.165, 1.54) is 0 Å². The highest BCUT2D eigenvalue weighted by molar-refractivity contribution is 5.53. The van der Waals surface area contributed by atoms with E-state index in [1.54, 1.807) is 0 Å². The Morgan fingerprint density at radius 2 is 2.10 bits per heavy atom. The Morgan fingerprint density at radius 3 is 2.85 bits per heavy atom. The zero-order valence-electron chi connectivity index (χ0n) is 12.4. The Labute approximate surface area is 120 Å². The lowest BCUT2D eigenvalue weighted by Gasteiger charge is -2.19. The lowest BCUT2D eigenvalue weighted by atomic mass is 10.2. The summed E-state index contributed by atoms with van der Waals surface area (Å²) in [7, 11) is 2.07. The van der Waals surface area contributed by atoms with Crippen molar-refractivity contribution in [1.29, 1.82) is 0 Å². The lowest BCUT2D eigenvalue weighted by molar-refractivity contribution is 0.875. The normalized spacial score (nSPS) is 10.3. The summed E-state index contributed by atoms with van der Waals surface area (Å²) in [6.45, 7) is 5.90. The van der Waals surface area contributed by atoms with Crippen LogP contribution in [0, 0.1) is 6.92 Å². The van der Waals surface area contributed by atoms with Gasteiger partial charge < -0.3 is 10.2 Å². The van der Waals surface area contributed by atoms with Crippen molar-refractivity contribution in [1.82, 2.24) is 9.97 Å². The van der Waals surface area contributed by atoms with Crippen LogP contribution in [-0.2, 0) is 6.54 Å². The highest BCUT2D eigenvalue weighted by atomic mass is 15.1. The highest BCUT2D eigenvalue weighted by Gasteiger charge is 2.05. The number of aromatic nitrogens is 2. The van der Waals surface area contributed by atoms with Crippen LogP contribution < -0.4 is 10.2 Å². The molecule has 0 atom stereocenters. The Hall–Kier alpha value is -2.10. The van der Waals surface area contributed by atoms with Gasteiger partial charge in [-0.25, -0.2) is 4.98 Å². The molecule has 0 aliphatic heterocycles. The van der Waals surface area contributed by atoms with Crippen molar-refractivity contribution in [2.75, 3.05) is 23.8 Å². The van der Waals surface area contributed by atoms with Gasteiger partial charge in [0.2, 0.25) is 0 Å². The summed E-state index contributed by atoms with van der Waals surface area (Å²) >= 11 is 0. The molecule has 0 fully saturated rings. The molecular formula is C16H22N4. The number of hydrogen-bond donors (Lipinski definition) is 1. The number of hydrogen-bond acceptors (Lipinski definition) is 4. The first-order valence-corrected chi connectivity index (χ1v) is 7.02. The monoisotopic (exact) mass is 270 g/mol. The Morgan fingerprint density at radius 1 is 1.25 bits per heavy atom. The van der Waals surface area contributed by atoms with Crippen LogP contribution in [0.3, 0.4) is 0 Å². The van der Waals surface area contributed by atoms with Gasteiger partial charge in [0, 0.05) is 37.2 Å². The second-order valence-electron chi connectivity index (χ2n) is 4.95. The fourth-order valence-corrected chi connectivity index (χ4v) is 2.03. The van der Waals surface area contributed by atoms with Crippen molar-refractivity contribution in [3.8, 4) is 0 Å². The summed E-state index contributed by atoms with van der Waals surface area (Å²) < 4.78 is 0. The average molecular weight is 270 g/mol. The van der Waals surface area contributed by atoms with Gasteiger partial charge in [0.25, 0.3) is 0 Å². The van der Waals surface area contributed by atoms with Crippen molar-refractivity contribution < 1.29 is 0 Å². The molecule has 0 aliphatic rings. The molecule has 4 nitrogen and oxygen atoms in total. The molecular weight excluding hydrogens is 248 g/mol. The molecule has 2 rings (SSSR count). The number of nitrogens with zero attached hydrogens (tertiary/aromatic N) is 3. The molecule has 0 saturated heterocycles. The molecule has 0 radical (unpaired) electrons. The molecule has 0 spiro atoms. The second-order valence-corrected chi connectivity index (χ2v) is 4.95. The van der Waals surface area contributed by atoms with Gasteiger partial charge in [-0.2, -0.15) is 0 Å². The molecule has 0 unspecified atom stereocenters. The van der Waals surface area contributed by atoms with E-state index in [-0.39, 0.29) is 0 Å². The molecule has 20 heavy (non-hydrogen) atoms. The molecule has 106 valence electrons. The smallest absolute Gasteiger partial charge is 0.127 e. The maximum atomic E-state index is 4.54. The first kappa shape index (κ1) is 14.3. The van der Waals surface area contributed by atoms with Crippen molar-refractivity contribution in [2.45, 2.75) is 26.8 Å². The third-order valence-electron chi connectivity index (χ3n) is 3.09. The summed E-state index contributed by atoms with van der Waals surface area (Å²) in [5, 5.41) is 3.31. The summed E-state index contributed by atoms with van der Waals surface area (Å²) in [6.07, 6.45) is 2.93. The van der Waals surface area contributed by atoms with E-state index in [2.05, 4.69) is 46.3 Å². The maximum Gasteiger partial charge on any atom is 0.127 e. The SMILES string of the molecule is CCCNc1cc(N(C)Cc2cccc(C)n2)ccn1. The van der Waals surface area contributed by atoms with Gasteiger partial charge in [-0.3, -0.25) is 4.98 Å². The number of aryl methyl sites for hydroxylation is 1. The topological polar surface area (TPSA) is 41.0 Å². The van der Waals surface area contributed by atoms with Crippen LogP contribution in [-0.4, -0.2) is 23.6 Å². The van der Waals surface area contributed by atoms with E-state index < -0.39 is 0 Å². The van der Waals surface area contributed by atoms with E-state index in [0.29, 0.717) is 0 Å². The number of anilines is 2. The Bertz CT molecular complexity index is 554. The number of rotatable bonds is 6. The van der Waals surface area contributed by atoms with E-state index in [0.717, 1.165) is 42.4 Å². The first-order chi connectivity index (χ1) is 9.69. The van der Waals surface area contributed by atoms with Crippen molar-refractivity contribution in [3.05, 3.63) is 47.9 Å². The molecule has 4 heteroatoms. The van der Waals surface area contributed by atoms with Crippen LogP contribution in [0.2, 0.25) is 0 Å². The lowest BCUT2D eigenvalue weighted by Crippen LogP contribution is -2.17. The Kier molecular flexibility index (Phi) is 4.93. The van der Waals surface area contributed by atoms with Crippen LogP contribution >= 0.6 is 0 Å². The fraction of sp³-hybridized carbons (Fsp3) is 0.375. The van der Waals surface area contributed by atoms with Crippen LogP contribution in [0.4, 0.5) is 11.5 Å². The molecule has 0 amide bonds. The van der Waals surface area contributed by atoms with Gasteiger partial charge in [0.15, 0.2) is 0 Å². The predicted octanol–water partition coefficient (Wildman–Crippen LogP) is 3.24. The second kappa shape index (κ2) is 6.89. The van der Waals surface area contributed by atoms with Crippen molar-refractivity contribution in [3.63, 3.8) is 0 Å². The number of pyridine rings is 2. The van der Waals surface area contributed by atoms with Crippen molar-refractivity contribution in [2.24, 2.45) is 0 Å². The molecule has 2 heterocycles. The molecule has 0 saturated carbocycles. The van der Waals surface area contributed by atoms with Crippen LogP contribution in [0.5, 0.6) is 0 Å². The van der Waals surface area contributed by atoms with Crippen LogP contribution in [0.25, 0.3) is 0 Å². The Balaban J connectivity index is 2.06. The minimum atomic E-state index is 0.791. The summed E-state index contributed by atoms with van der Waals surface area (Å²) in [5.41, 5.74) is 3.27.